The quantitative estimate of drug-likeness (QED) is 0.224. The Hall–Kier alpha value is -2.65. The number of halogens is 2. The van der Waals surface area contributed by atoms with Gasteiger partial charge >= 0.3 is 6.09 Å². The van der Waals surface area contributed by atoms with E-state index in [9.17, 15) is 4.79 Å². The molecule has 0 saturated carbocycles. The van der Waals surface area contributed by atoms with E-state index in [4.69, 9.17) is 14.5 Å². The summed E-state index contributed by atoms with van der Waals surface area (Å²) >= 11 is 5.86. The second-order valence-electron chi connectivity index (χ2n) is 7.11. The minimum absolute atomic E-state index is 0.182. The van der Waals surface area contributed by atoms with Crippen molar-refractivity contribution in [2.75, 3.05) is 12.0 Å². The fourth-order valence-electron chi connectivity index (χ4n) is 3.23. The lowest BCUT2D eigenvalue weighted by molar-refractivity contribution is 0.146. The molecule has 0 spiro atoms. The molecule has 0 bridgehead atoms. The fourth-order valence-corrected chi connectivity index (χ4v) is 4.25. The number of anilines is 1. The number of fused-ring (bicyclic) bond motifs is 1. The number of benzene rings is 3. The molecule has 1 aromatic heterocycles. The number of amides is 1. The molecule has 7 heteroatoms. The van der Waals surface area contributed by atoms with E-state index in [0.29, 0.717) is 12.4 Å². The molecule has 0 aliphatic carbocycles. The number of pyridine rings is 1. The van der Waals surface area contributed by atoms with Crippen LogP contribution in [0.15, 0.2) is 83.3 Å². The van der Waals surface area contributed by atoms with Crippen LogP contribution in [0, 0.1) is 3.57 Å². The van der Waals surface area contributed by atoms with E-state index in [1.807, 2.05) is 78.9 Å². The zero-order valence-electron chi connectivity index (χ0n) is 17.3. The summed E-state index contributed by atoms with van der Waals surface area (Å²) in [6, 6.07) is 25.2. The van der Waals surface area contributed by atoms with Crippen LogP contribution in [-0.4, -0.2) is 18.2 Å². The van der Waals surface area contributed by atoms with E-state index in [1.54, 1.807) is 12.0 Å². The maximum atomic E-state index is 13.2. The molecule has 0 saturated heterocycles. The number of rotatable bonds is 6. The second kappa shape index (κ2) is 10.3. The number of methoxy groups -OCH3 is 1. The Bertz CT molecular complexity index is 1230. The first-order valence-electron chi connectivity index (χ1n) is 9.90. The Kier molecular flexibility index (Phi) is 7.26. The van der Waals surface area contributed by atoms with Gasteiger partial charge in [-0.2, -0.15) is 0 Å². The molecule has 4 rings (SSSR count). The molecule has 0 unspecified atom stereocenters. The maximum Gasteiger partial charge on any atom is 0.416 e. The number of carbonyl (C=O) groups excluding carboxylic acids is 1. The van der Waals surface area contributed by atoms with Gasteiger partial charge in [0, 0.05) is 8.96 Å². The number of hydrogen-bond acceptors (Lipinski definition) is 4. The summed E-state index contributed by atoms with van der Waals surface area (Å²) in [4.78, 5) is 19.6. The van der Waals surface area contributed by atoms with Gasteiger partial charge in [-0.05, 0) is 80.0 Å². The van der Waals surface area contributed by atoms with Gasteiger partial charge in [-0.15, -0.1) is 0 Å². The average molecular weight is 603 g/mol. The van der Waals surface area contributed by atoms with Gasteiger partial charge in [0.2, 0.25) is 0 Å². The zero-order valence-corrected chi connectivity index (χ0v) is 21.0. The van der Waals surface area contributed by atoms with Crippen molar-refractivity contribution < 1.29 is 14.3 Å². The SMILES string of the molecule is COc1ccc(CN(C(=O)OCc2ccccc2)c2nc3cc(I)ccc3cc2Br)cc1. The van der Waals surface area contributed by atoms with Crippen LogP contribution in [0.5, 0.6) is 5.75 Å². The first kappa shape index (κ1) is 22.5. The van der Waals surface area contributed by atoms with Crippen molar-refractivity contribution in [3.05, 3.63) is 98.0 Å². The molecule has 0 fully saturated rings. The van der Waals surface area contributed by atoms with E-state index in [1.165, 1.54) is 0 Å². The third-order valence-electron chi connectivity index (χ3n) is 4.90. The average Bonchev–Trinajstić information content (AvgIpc) is 2.82. The predicted molar refractivity (Wildman–Crippen MR) is 138 cm³/mol. The van der Waals surface area contributed by atoms with E-state index in [2.05, 4.69) is 38.5 Å². The monoisotopic (exact) mass is 602 g/mol. The van der Waals surface area contributed by atoms with Crippen LogP contribution in [-0.2, 0) is 17.9 Å². The van der Waals surface area contributed by atoms with Gasteiger partial charge in [0.15, 0.2) is 5.82 Å². The first-order valence-corrected chi connectivity index (χ1v) is 11.8. The molecule has 0 aliphatic heterocycles. The number of ether oxygens (including phenoxy) is 2. The fraction of sp³-hybridized carbons (Fsp3) is 0.120. The van der Waals surface area contributed by atoms with Crippen LogP contribution >= 0.6 is 38.5 Å². The van der Waals surface area contributed by atoms with Crippen LogP contribution in [0.3, 0.4) is 0 Å². The van der Waals surface area contributed by atoms with Crippen molar-refractivity contribution >= 4 is 61.3 Å². The second-order valence-corrected chi connectivity index (χ2v) is 9.21. The molecule has 162 valence electrons. The Morgan fingerprint density at radius 1 is 1.00 bits per heavy atom. The molecule has 0 N–H and O–H groups in total. The van der Waals surface area contributed by atoms with Crippen molar-refractivity contribution in [1.82, 2.24) is 4.98 Å². The molecule has 5 nitrogen and oxygen atoms in total. The molecule has 3 aromatic carbocycles. The van der Waals surface area contributed by atoms with E-state index in [-0.39, 0.29) is 6.61 Å². The molecule has 4 aromatic rings. The summed E-state index contributed by atoms with van der Waals surface area (Å²) in [5.41, 5.74) is 2.66. The number of hydrogen-bond donors (Lipinski definition) is 0. The third-order valence-corrected chi connectivity index (χ3v) is 6.15. The summed E-state index contributed by atoms with van der Waals surface area (Å²) < 4.78 is 12.7. The van der Waals surface area contributed by atoms with Crippen LogP contribution in [0.1, 0.15) is 11.1 Å². The highest BCUT2D eigenvalue weighted by Gasteiger charge is 2.22. The van der Waals surface area contributed by atoms with Gasteiger partial charge in [-0.3, -0.25) is 4.90 Å². The van der Waals surface area contributed by atoms with Crippen LogP contribution < -0.4 is 9.64 Å². The van der Waals surface area contributed by atoms with Crippen molar-refractivity contribution in [3.63, 3.8) is 0 Å². The molecular formula is C25H20BrIN2O3. The highest BCUT2D eigenvalue weighted by atomic mass is 127. The summed E-state index contributed by atoms with van der Waals surface area (Å²) in [7, 11) is 1.62. The highest BCUT2D eigenvalue weighted by Crippen LogP contribution is 2.31. The van der Waals surface area contributed by atoms with Crippen LogP contribution in [0.2, 0.25) is 0 Å². The maximum absolute atomic E-state index is 13.2. The van der Waals surface area contributed by atoms with Crippen LogP contribution in [0.4, 0.5) is 10.6 Å². The molecule has 0 radical (unpaired) electrons. The smallest absolute Gasteiger partial charge is 0.416 e. The summed E-state index contributed by atoms with van der Waals surface area (Å²) in [5.74, 6) is 1.26. The number of nitrogens with zero attached hydrogens (tertiary/aromatic N) is 2. The van der Waals surface area contributed by atoms with E-state index in [0.717, 1.165) is 35.8 Å². The zero-order chi connectivity index (χ0) is 22.5. The molecule has 0 aliphatic rings. The standard InChI is InChI=1S/C25H20BrIN2O3/c1-31-21-11-7-17(8-12-21)15-29(25(30)32-16-18-5-3-2-4-6-18)24-22(26)13-19-9-10-20(27)14-23(19)28-24/h2-14H,15-16H2,1H3. The molecule has 1 amide bonds. The van der Waals surface area contributed by atoms with Crippen molar-refractivity contribution in [3.8, 4) is 5.75 Å². The normalized spacial score (nSPS) is 10.7. The third kappa shape index (κ3) is 5.39. The number of aromatic nitrogens is 1. The van der Waals surface area contributed by atoms with Gasteiger partial charge in [0.1, 0.15) is 12.4 Å². The lowest BCUT2D eigenvalue weighted by Gasteiger charge is -2.23. The Labute approximate surface area is 208 Å². The molecule has 32 heavy (non-hydrogen) atoms. The van der Waals surface area contributed by atoms with E-state index >= 15 is 0 Å². The van der Waals surface area contributed by atoms with Crippen LogP contribution in [0.25, 0.3) is 10.9 Å². The van der Waals surface area contributed by atoms with Crippen molar-refractivity contribution in [1.29, 1.82) is 0 Å². The summed E-state index contributed by atoms with van der Waals surface area (Å²) in [6.07, 6.45) is -0.470. The Morgan fingerprint density at radius 2 is 1.75 bits per heavy atom. The predicted octanol–water partition coefficient (Wildman–Crippen LogP) is 6.95. The Balaban J connectivity index is 1.68. The topological polar surface area (TPSA) is 51.7 Å². The van der Waals surface area contributed by atoms with Gasteiger partial charge in [0.25, 0.3) is 0 Å². The molecule has 0 atom stereocenters. The molecule has 1 heterocycles. The van der Waals surface area contributed by atoms with Crippen molar-refractivity contribution in [2.45, 2.75) is 13.2 Å². The highest BCUT2D eigenvalue weighted by molar-refractivity contribution is 14.1. The van der Waals surface area contributed by atoms with Gasteiger partial charge in [-0.25, -0.2) is 9.78 Å². The van der Waals surface area contributed by atoms with Gasteiger partial charge in [-0.1, -0.05) is 48.5 Å². The lowest BCUT2D eigenvalue weighted by Crippen LogP contribution is -2.32. The Morgan fingerprint density at radius 3 is 2.47 bits per heavy atom. The summed E-state index contributed by atoms with van der Waals surface area (Å²) in [5, 5.41) is 0.989. The minimum atomic E-state index is -0.470. The van der Waals surface area contributed by atoms with Crippen molar-refractivity contribution in [2.24, 2.45) is 0 Å². The first-order chi connectivity index (χ1) is 15.5. The van der Waals surface area contributed by atoms with Gasteiger partial charge < -0.3 is 9.47 Å². The summed E-state index contributed by atoms with van der Waals surface area (Å²) in [6.45, 7) is 0.487. The molecular weight excluding hydrogens is 583 g/mol. The minimum Gasteiger partial charge on any atom is -0.497 e. The number of carbonyl (C=O) groups is 1. The van der Waals surface area contributed by atoms with E-state index < -0.39 is 6.09 Å². The van der Waals surface area contributed by atoms with Gasteiger partial charge in [0.05, 0.1) is 23.6 Å². The lowest BCUT2D eigenvalue weighted by atomic mass is 10.2. The largest absolute Gasteiger partial charge is 0.497 e.